The molecule has 0 radical (unpaired) electrons. The molecule has 1 saturated heterocycles. The van der Waals surface area contributed by atoms with E-state index < -0.39 is 14.6 Å². The summed E-state index contributed by atoms with van der Waals surface area (Å²) in [5.41, 5.74) is 1.09. The van der Waals surface area contributed by atoms with Crippen molar-refractivity contribution in [3.8, 4) is 0 Å². The Balaban J connectivity index is 1.80. The number of hydrogen-bond acceptors (Lipinski definition) is 4. The monoisotopic (exact) mass is 339 g/mol. The van der Waals surface area contributed by atoms with Gasteiger partial charge in [-0.1, -0.05) is 18.2 Å². The zero-order chi connectivity index (χ0) is 16.0. The van der Waals surface area contributed by atoms with Gasteiger partial charge in [-0.25, -0.2) is 8.42 Å². The minimum Gasteiger partial charge on any atom is -0.341 e. The predicted octanol–water partition coefficient (Wildman–Crippen LogP) is 2.30. The van der Waals surface area contributed by atoms with Crippen LogP contribution in [0.1, 0.15) is 31.7 Å². The van der Waals surface area contributed by atoms with E-state index in [-0.39, 0.29) is 17.6 Å². The Morgan fingerprint density at radius 2 is 2.00 bits per heavy atom. The Labute approximate surface area is 136 Å². The van der Waals surface area contributed by atoms with Gasteiger partial charge in [0.1, 0.15) is 0 Å². The third-order valence-corrected chi connectivity index (χ3v) is 8.56. The number of fused-ring (bicyclic) bond motifs is 1. The summed E-state index contributed by atoms with van der Waals surface area (Å²) < 4.78 is 23.8. The lowest BCUT2D eigenvalue weighted by molar-refractivity contribution is -0.132. The van der Waals surface area contributed by atoms with Gasteiger partial charge in [-0.3, -0.25) is 4.79 Å². The summed E-state index contributed by atoms with van der Waals surface area (Å²) in [5.74, 6) is 0.758. The van der Waals surface area contributed by atoms with Crippen LogP contribution >= 0.6 is 11.8 Å². The molecule has 1 aromatic carbocycles. The van der Waals surface area contributed by atoms with Crippen LogP contribution in [0, 0.1) is 0 Å². The van der Waals surface area contributed by atoms with Crippen molar-refractivity contribution in [2.45, 2.75) is 35.8 Å². The molecule has 22 heavy (non-hydrogen) atoms. The number of sulfone groups is 1. The summed E-state index contributed by atoms with van der Waals surface area (Å²) in [4.78, 5) is 15.8. The van der Waals surface area contributed by atoms with Crippen molar-refractivity contribution >= 4 is 27.5 Å². The first-order valence-electron chi connectivity index (χ1n) is 7.55. The van der Waals surface area contributed by atoms with Gasteiger partial charge in [0.15, 0.2) is 9.84 Å². The first-order chi connectivity index (χ1) is 10.3. The van der Waals surface area contributed by atoms with Gasteiger partial charge in [-0.2, -0.15) is 0 Å². The predicted molar refractivity (Wildman–Crippen MR) is 89.0 cm³/mol. The first-order valence-corrected chi connectivity index (χ1v) is 10.2. The number of nitrogens with zero attached hydrogens (tertiary/aromatic N) is 1. The van der Waals surface area contributed by atoms with Crippen molar-refractivity contribution < 1.29 is 13.2 Å². The summed E-state index contributed by atoms with van der Waals surface area (Å²) in [7, 11) is -3.15. The minimum absolute atomic E-state index is 0.0627. The van der Waals surface area contributed by atoms with E-state index >= 15 is 0 Å². The first kappa shape index (κ1) is 15.9. The minimum atomic E-state index is -3.15. The molecular formula is C16H21NO3S2. The molecular weight excluding hydrogens is 318 g/mol. The molecule has 0 spiro atoms. The Hall–Kier alpha value is -1.01. The fourth-order valence-electron chi connectivity index (χ4n) is 2.99. The third-order valence-electron chi connectivity index (χ3n) is 4.77. The standard InChI is InChI=1S/C16H21NO3S2/c1-16(2)7-8-17(9-10-22(16,19)20)15(18)13-11-21-14-6-4-3-5-12(13)14/h3-6,13H,7-11H2,1-2H3. The van der Waals surface area contributed by atoms with Crippen LogP contribution in [0.4, 0.5) is 0 Å². The molecule has 4 nitrogen and oxygen atoms in total. The van der Waals surface area contributed by atoms with Crippen molar-refractivity contribution in [3.05, 3.63) is 29.8 Å². The molecule has 0 N–H and O–H groups in total. The molecule has 1 amide bonds. The molecule has 6 heteroatoms. The Morgan fingerprint density at radius 3 is 2.77 bits per heavy atom. The molecule has 1 aromatic rings. The van der Waals surface area contributed by atoms with Gasteiger partial charge in [0.25, 0.3) is 0 Å². The van der Waals surface area contributed by atoms with Gasteiger partial charge < -0.3 is 4.90 Å². The van der Waals surface area contributed by atoms with E-state index in [1.165, 1.54) is 4.90 Å². The second-order valence-corrected chi connectivity index (χ2v) is 10.4. The molecule has 0 aromatic heterocycles. The number of benzene rings is 1. The Kier molecular flexibility index (Phi) is 4.01. The highest BCUT2D eigenvalue weighted by atomic mass is 32.2. The van der Waals surface area contributed by atoms with Crippen molar-refractivity contribution in [2.75, 3.05) is 24.6 Å². The fourth-order valence-corrected chi connectivity index (χ4v) is 5.62. The van der Waals surface area contributed by atoms with E-state index in [4.69, 9.17) is 0 Å². The maximum absolute atomic E-state index is 12.9. The molecule has 1 atom stereocenters. The molecule has 2 aliphatic heterocycles. The van der Waals surface area contributed by atoms with Crippen molar-refractivity contribution in [1.29, 1.82) is 0 Å². The van der Waals surface area contributed by atoms with Gasteiger partial charge in [0, 0.05) is 23.7 Å². The Bertz CT molecular complexity index is 697. The van der Waals surface area contributed by atoms with Crippen LogP contribution in [0.2, 0.25) is 0 Å². The zero-order valence-electron chi connectivity index (χ0n) is 12.9. The molecule has 0 saturated carbocycles. The molecule has 2 aliphatic rings. The summed E-state index contributed by atoms with van der Waals surface area (Å²) in [6.07, 6.45) is 0.503. The van der Waals surface area contributed by atoms with Gasteiger partial charge >= 0.3 is 0 Å². The van der Waals surface area contributed by atoms with Crippen LogP contribution < -0.4 is 0 Å². The summed E-state index contributed by atoms with van der Waals surface area (Å²) >= 11 is 1.71. The molecule has 0 aliphatic carbocycles. The topological polar surface area (TPSA) is 54.5 Å². The van der Waals surface area contributed by atoms with E-state index in [0.717, 1.165) is 11.3 Å². The van der Waals surface area contributed by atoms with Crippen LogP contribution in [0.25, 0.3) is 0 Å². The summed E-state index contributed by atoms with van der Waals surface area (Å²) in [5, 5.41) is 0. The van der Waals surface area contributed by atoms with E-state index in [0.29, 0.717) is 19.5 Å². The fraction of sp³-hybridized carbons (Fsp3) is 0.562. The lowest BCUT2D eigenvalue weighted by Gasteiger charge is -2.24. The maximum atomic E-state index is 12.9. The maximum Gasteiger partial charge on any atom is 0.231 e. The molecule has 120 valence electrons. The highest BCUT2D eigenvalue weighted by molar-refractivity contribution is 7.99. The molecule has 1 unspecified atom stereocenters. The van der Waals surface area contributed by atoms with Crippen LogP contribution in [-0.2, 0) is 14.6 Å². The second kappa shape index (κ2) is 5.57. The number of carbonyl (C=O) groups excluding carboxylic acids is 1. The number of thioether (sulfide) groups is 1. The van der Waals surface area contributed by atoms with Gasteiger partial charge in [0.2, 0.25) is 5.91 Å². The lowest BCUT2D eigenvalue weighted by Crippen LogP contribution is -2.37. The largest absolute Gasteiger partial charge is 0.341 e. The van der Waals surface area contributed by atoms with E-state index in [9.17, 15) is 13.2 Å². The average Bonchev–Trinajstić information content (AvgIpc) is 2.85. The number of hydrogen-bond donors (Lipinski definition) is 0. The quantitative estimate of drug-likeness (QED) is 0.788. The third kappa shape index (κ3) is 2.67. The van der Waals surface area contributed by atoms with Crippen LogP contribution in [0.3, 0.4) is 0 Å². The van der Waals surface area contributed by atoms with Crippen LogP contribution in [0.5, 0.6) is 0 Å². The number of amides is 1. The molecule has 0 bridgehead atoms. The SMILES string of the molecule is CC1(C)CCN(C(=O)C2CSc3ccccc32)CCS1(=O)=O. The Morgan fingerprint density at radius 1 is 1.27 bits per heavy atom. The molecule has 2 heterocycles. The van der Waals surface area contributed by atoms with Gasteiger partial charge in [-0.05, 0) is 31.9 Å². The summed E-state index contributed by atoms with van der Waals surface area (Å²) in [6, 6.07) is 8.00. The van der Waals surface area contributed by atoms with Crippen molar-refractivity contribution in [1.82, 2.24) is 4.90 Å². The van der Waals surface area contributed by atoms with Gasteiger partial charge in [0.05, 0.1) is 16.4 Å². The number of rotatable bonds is 1. The lowest BCUT2D eigenvalue weighted by atomic mass is 9.99. The smallest absolute Gasteiger partial charge is 0.231 e. The normalized spacial score (nSPS) is 26.3. The molecule has 3 rings (SSSR count). The van der Waals surface area contributed by atoms with Crippen LogP contribution in [0.15, 0.2) is 29.2 Å². The number of carbonyl (C=O) groups is 1. The zero-order valence-corrected chi connectivity index (χ0v) is 14.5. The van der Waals surface area contributed by atoms with E-state index in [2.05, 4.69) is 0 Å². The van der Waals surface area contributed by atoms with E-state index in [1.54, 1.807) is 30.5 Å². The summed E-state index contributed by atoms with van der Waals surface area (Å²) in [6.45, 7) is 4.36. The second-order valence-electron chi connectivity index (χ2n) is 6.56. The van der Waals surface area contributed by atoms with Crippen molar-refractivity contribution in [2.24, 2.45) is 0 Å². The highest BCUT2D eigenvalue weighted by Crippen LogP contribution is 2.40. The van der Waals surface area contributed by atoms with E-state index in [1.807, 2.05) is 24.3 Å². The van der Waals surface area contributed by atoms with Crippen molar-refractivity contribution in [3.63, 3.8) is 0 Å². The van der Waals surface area contributed by atoms with Crippen LogP contribution in [-0.4, -0.2) is 48.6 Å². The average molecular weight is 339 g/mol. The van der Waals surface area contributed by atoms with Gasteiger partial charge in [-0.15, -0.1) is 11.8 Å². The molecule has 1 fully saturated rings. The highest BCUT2D eigenvalue weighted by Gasteiger charge is 2.40.